The highest BCUT2D eigenvalue weighted by Crippen LogP contribution is 2.26. The Bertz CT molecular complexity index is 1460. The molecule has 9 nitrogen and oxygen atoms in total. The fraction of sp³-hybridized carbons (Fsp3) is 0.100. The summed E-state index contributed by atoms with van der Waals surface area (Å²) in [6.45, 7) is -0.527. The Morgan fingerprint density at radius 2 is 1.94 bits per heavy atom. The molecule has 0 atom stereocenters. The van der Waals surface area contributed by atoms with E-state index < -0.39 is 52.2 Å². The lowest BCUT2D eigenvalue weighted by Gasteiger charge is -2.11. The molecule has 3 heterocycles. The average molecular weight is 477 g/mol. The minimum Gasteiger partial charge on any atom is -0.436 e. The van der Waals surface area contributed by atoms with Crippen molar-refractivity contribution < 1.29 is 22.3 Å². The number of hydrogen-bond acceptors (Lipinski definition) is 9. The summed E-state index contributed by atoms with van der Waals surface area (Å²) in [5.74, 6) is -4.62. The lowest BCUT2D eigenvalue weighted by atomic mass is 10.2. The van der Waals surface area contributed by atoms with Crippen molar-refractivity contribution in [2.24, 2.45) is 0 Å². The molecule has 0 bridgehead atoms. The Hall–Kier alpha value is -3.84. The number of ether oxygens (including phenoxy) is 1. The third kappa shape index (κ3) is 4.54. The van der Waals surface area contributed by atoms with Crippen LogP contribution in [0, 0.1) is 17.5 Å². The maximum Gasteiger partial charge on any atom is 0.422 e. The van der Waals surface area contributed by atoms with E-state index in [2.05, 4.69) is 19.4 Å². The molecule has 0 saturated heterocycles. The van der Waals surface area contributed by atoms with Crippen LogP contribution in [0.2, 0.25) is 0 Å². The molecule has 33 heavy (non-hydrogen) atoms. The van der Waals surface area contributed by atoms with Gasteiger partial charge in [0, 0.05) is 42.2 Å². The number of anilines is 1. The van der Waals surface area contributed by atoms with Gasteiger partial charge in [0.1, 0.15) is 17.0 Å². The van der Waals surface area contributed by atoms with Crippen LogP contribution in [0.4, 0.5) is 19.0 Å². The molecule has 2 N–H and O–H groups in total. The minimum atomic E-state index is -1.15. The van der Waals surface area contributed by atoms with Gasteiger partial charge in [0.15, 0.2) is 23.0 Å². The maximum absolute atomic E-state index is 14.8. The van der Waals surface area contributed by atoms with Crippen molar-refractivity contribution >= 4 is 28.9 Å². The summed E-state index contributed by atoms with van der Waals surface area (Å²) < 4.78 is 59.3. The van der Waals surface area contributed by atoms with E-state index >= 15 is 0 Å². The quantitative estimate of drug-likeness (QED) is 0.388. The molecule has 0 aliphatic carbocycles. The van der Waals surface area contributed by atoms with Crippen LogP contribution in [0.25, 0.3) is 11.0 Å². The number of hydrogen-bond donors (Lipinski definition) is 2. The SMILES string of the molecule is CNSNc1nccc(Cn2c(=O)oc3cc(Oc4ncccc4F)cc(F)c3c2=O)c1F. The van der Waals surface area contributed by atoms with Crippen LogP contribution in [0.3, 0.4) is 0 Å². The zero-order valence-electron chi connectivity index (χ0n) is 16.8. The average Bonchev–Trinajstić information content (AvgIpc) is 2.78. The van der Waals surface area contributed by atoms with E-state index in [9.17, 15) is 22.8 Å². The lowest BCUT2D eigenvalue weighted by Crippen LogP contribution is -2.33. The highest BCUT2D eigenvalue weighted by atomic mass is 32.2. The predicted molar refractivity (Wildman–Crippen MR) is 115 cm³/mol. The number of pyridine rings is 2. The van der Waals surface area contributed by atoms with Gasteiger partial charge in [-0.1, -0.05) is 0 Å². The van der Waals surface area contributed by atoms with Crippen LogP contribution in [0.5, 0.6) is 11.6 Å². The van der Waals surface area contributed by atoms with Gasteiger partial charge >= 0.3 is 5.76 Å². The zero-order valence-corrected chi connectivity index (χ0v) is 17.6. The zero-order chi connectivity index (χ0) is 23.5. The highest BCUT2D eigenvalue weighted by molar-refractivity contribution is 7.98. The summed E-state index contributed by atoms with van der Waals surface area (Å²) in [5, 5.41) is -0.554. The predicted octanol–water partition coefficient (Wildman–Crippen LogP) is 3.20. The Morgan fingerprint density at radius 1 is 1.12 bits per heavy atom. The smallest absolute Gasteiger partial charge is 0.422 e. The fourth-order valence-corrected chi connectivity index (χ4v) is 3.25. The monoisotopic (exact) mass is 477 g/mol. The molecular weight excluding hydrogens is 463 g/mol. The standard InChI is InChI=1S/C20H14F3N5O4S/c1-24-33-27-17-16(23)10(4-6-25-17)9-28-19(29)15-13(22)7-11(8-14(15)32-20(28)30)31-18-12(21)3-2-5-26-18/h2-8,24H,9H2,1H3,(H,25,27). The summed E-state index contributed by atoms with van der Waals surface area (Å²) >= 11 is 0.963. The van der Waals surface area contributed by atoms with Crippen LogP contribution in [-0.4, -0.2) is 21.6 Å². The van der Waals surface area contributed by atoms with Crippen LogP contribution in [0.15, 0.2) is 56.7 Å². The molecule has 4 rings (SSSR count). The first-order chi connectivity index (χ1) is 15.9. The van der Waals surface area contributed by atoms with Gasteiger partial charge in [-0.3, -0.25) is 9.52 Å². The third-order valence-electron chi connectivity index (χ3n) is 4.39. The third-order valence-corrected chi connectivity index (χ3v) is 4.89. The lowest BCUT2D eigenvalue weighted by molar-refractivity contribution is 0.417. The molecule has 1 aromatic carbocycles. The summed E-state index contributed by atoms with van der Waals surface area (Å²) in [5.41, 5.74) is -1.51. The normalized spacial score (nSPS) is 11.0. The van der Waals surface area contributed by atoms with Gasteiger partial charge < -0.3 is 9.15 Å². The topological polar surface area (TPSA) is 111 Å². The van der Waals surface area contributed by atoms with Crippen molar-refractivity contribution in [2.45, 2.75) is 6.54 Å². The first-order valence-corrected chi connectivity index (χ1v) is 10.1. The highest BCUT2D eigenvalue weighted by Gasteiger charge is 2.19. The number of nitrogens with zero attached hydrogens (tertiary/aromatic N) is 3. The van der Waals surface area contributed by atoms with E-state index in [1.54, 1.807) is 7.05 Å². The first kappa shape index (κ1) is 22.4. The molecule has 0 unspecified atom stereocenters. The van der Waals surface area contributed by atoms with Crippen molar-refractivity contribution in [3.63, 3.8) is 0 Å². The second kappa shape index (κ2) is 9.34. The van der Waals surface area contributed by atoms with Crippen molar-refractivity contribution in [3.05, 3.63) is 86.6 Å². The van der Waals surface area contributed by atoms with Crippen LogP contribution < -0.4 is 25.5 Å². The van der Waals surface area contributed by atoms with Gasteiger partial charge in [-0.05, 0) is 25.2 Å². The Morgan fingerprint density at radius 3 is 2.70 bits per heavy atom. The van der Waals surface area contributed by atoms with E-state index in [1.807, 2.05) is 0 Å². The van der Waals surface area contributed by atoms with E-state index in [1.165, 1.54) is 24.5 Å². The van der Waals surface area contributed by atoms with Gasteiger partial charge in [-0.2, -0.15) is 0 Å². The molecule has 0 amide bonds. The largest absolute Gasteiger partial charge is 0.436 e. The van der Waals surface area contributed by atoms with Gasteiger partial charge in [-0.15, -0.1) is 0 Å². The molecule has 0 aliphatic heterocycles. The van der Waals surface area contributed by atoms with Gasteiger partial charge in [0.05, 0.1) is 6.54 Å². The second-order valence-corrected chi connectivity index (χ2v) is 7.29. The van der Waals surface area contributed by atoms with E-state index in [0.717, 1.165) is 30.3 Å². The molecule has 3 aromatic heterocycles. The Balaban J connectivity index is 1.74. The number of benzene rings is 1. The van der Waals surface area contributed by atoms with Gasteiger partial charge in [0.2, 0.25) is 0 Å². The van der Waals surface area contributed by atoms with Crippen molar-refractivity contribution in [1.82, 2.24) is 19.3 Å². The fourth-order valence-electron chi connectivity index (χ4n) is 2.91. The summed E-state index contributed by atoms with van der Waals surface area (Å²) in [6.07, 6.45) is 2.55. The van der Waals surface area contributed by atoms with Crippen LogP contribution in [0.1, 0.15) is 5.56 Å². The summed E-state index contributed by atoms with van der Waals surface area (Å²) in [4.78, 5) is 32.8. The van der Waals surface area contributed by atoms with Crippen molar-refractivity contribution in [3.8, 4) is 11.6 Å². The van der Waals surface area contributed by atoms with Crippen molar-refractivity contribution in [2.75, 3.05) is 11.8 Å². The van der Waals surface area contributed by atoms with Gasteiger partial charge in [0.25, 0.3) is 11.4 Å². The van der Waals surface area contributed by atoms with E-state index in [4.69, 9.17) is 9.15 Å². The van der Waals surface area contributed by atoms with Gasteiger partial charge in [-0.25, -0.2) is 37.2 Å². The summed E-state index contributed by atoms with van der Waals surface area (Å²) in [7, 11) is 1.61. The molecule has 4 aromatic rings. The molecule has 0 radical (unpaired) electrons. The molecule has 0 aliphatic rings. The molecule has 0 spiro atoms. The molecule has 0 fully saturated rings. The van der Waals surface area contributed by atoms with E-state index in [0.29, 0.717) is 4.57 Å². The summed E-state index contributed by atoms with van der Waals surface area (Å²) in [6, 6.07) is 5.59. The Kier molecular flexibility index (Phi) is 6.33. The number of rotatable bonds is 7. The maximum atomic E-state index is 14.8. The number of aromatic nitrogens is 3. The minimum absolute atomic E-state index is 0.0519. The Labute approximate surface area is 187 Å². The van der Waals surface area contributed by atoms with E-state index in [-0.39, 0.29) is 17.1 Å². The molecule has 170 valence electrons. The molecule has 0 saturated carbocycles. The van der Waals surface area contributed by atoms with Crippen molar-refractivity contribution in [1.29, 1.82) is 0 Å². The molecule has 13 heteroatoms. The number of fused-ring (bicyclic) bond motifs is 1. The molecular formula is C20H14F3N5O4S. The first-order valence-electron chi connectivity index (χ1n) is 9.26. The number of nitrogens with one attached hydrogen (secondary N) is 2. The number of halogens is 3. The van der Waals surface area contributed by atoms with Crippen LogP contribution in [-0.2, 0) is 6.54 Å². The van der Waals surface area contributed by atoms with Crippen LogP contribution >= 0.6 is 12.1 Å². The second-order valence-electron chi connectivity index (χ2n) is 6.47.